The van der Waals surface area contributed by atoms with Gasteiger partial charge >= 0.3 is 0 Å². The third-order valence-corrected chi connectivity index (χ3v) is 2.82. The second-order valence-electron chi connectivity index (χ2n) is 2.99. The molecule has 0 bridgehead atoms. The van der Waals surface area contributed by atoms with E-state index in [0.717, 1.165) is 6.54 Å². The molecule has 1 aliphatic heterocycles. The lowest BCUT2D eigenvalue weighted by Crippen LogP contribution is -1.96. The Morgan fingerprint density at radius 1 is 1.55 bits per heavy atom. The van der Waals surface area contributed by atoms with Crippen molar-refractivity contribution >= 4 is 21.6 Å². The fraction of sp³-hybridized carbons (Fsp3) is 0.333. The van der Waals surface area contributed by atoms with Gasteiger partial charge in [-0.3, -0.25) is 0 Å². The molecule has 2 heteroatoms. The smallest absolute Gasteiger partial charge is 0.0520 e. The molecule has 1 aromatic rings. The fourth-order valence-electron chi connectivity index (χ4n) is 1.50. The number of hydrogen-bond donors (Lipinski definition) is 1. The van der Waals surface area contributed by atoms with Crippen molar-refractivity contribution in [3.05, 3.63) is 28.2 Å². The molecule has 0 radical (unpaired) electrons. The standard InChI is InChI=1S/C9H10BrN/c1-6-5-11-9-7(6)3-2-4-8(9)10/h2-4,6,11H,5H2,1H3/t6-/m1/s1. The third-order valence-electron chi connectivity index (χ3n) is 2.16. The van der Waals surface area contributed by atoms with Crippen LogP contribution >= 0.6 is 15.9 Å². The summed E-state index contributed by atoms with van der Waals surface area (Å²) in [6.07, 6.45) is 0. The second kappa shape index (κ2) is 2.52. The van der Waals surface area contributed by atoms with E-state index in [0.29, 0.717) is 5.92 Å². The fourth-order valence-corrected chi connectivity index (χ4v) is 2.02. The molecule has 1 aromatic carbocycles. The van der Waals surface area contributed by atoms with Crippen LogP contribution in [0.1, 0.15) is 18.4 Å². The zero-order valence-corrected chi connectivity index (χ0v) is 7.98. The molecule has 0 saturated carbocycles. The highest BCUT2D eigenvalue weighted by atomic mass is 79.9. The number of anilines is 1. The lowest BCUT2D eigenvalue weighted by atomic mass is 10.0. The van der Waals surface area contributed by atoms with E-state index in [1.165, 1.54) is 15.7 Å². The Labute approximate surface area is 74.9 Å². The summed E-state index contributed by atoms with van der Waals surface area (Å²) >= 11 is 3.51. The van der Waals surface area contributed by atoms with E-state index in [1.54, 1.807) is 0 Å². The summed E-state index contributed by atoms with van der Waals surface area (Å²) in [7, 11) is 0. The van der Waals surface area contributed by atoms with Crippen molar-refractivity contribution in [2.45, 2.75) is 12.8 Å². The molecular weight excluding hydrogens is 202 g/mol. The van der Waals surface area contributed by atoms with E-state index in [4.69, 9.17) is 0 Å². The highest BCUT2D eigenvalue weighted by Gasteiger charge is 2.18. The maximum atomic E-state index is 3.51. The summed E-state index contributed by atoms with van der Waals surface area (Å²) in [5, 5.41) is 3.37. The topological polar surface area (TPSA) is 12.0 Å². The molecule has 58 valence electrons. The zero-order valence-electron chi connectivity index (χ0n) is 6.39. The second-order valence-corrected chi connectivity index (χ2v) is 3.84. The molecular formula is C9H10BrN. The number of para-hydroxylation sites is 1. The number of fused-ring (bicyclic) bond motifs is 1. The van der Waals surface area contributed by atoms with Crippen LogP contribution in [0, 0.1) is 0 Å². The summed E-state index contributed by atoms with van der Waals surface area (Å²) < 4.78 is 1.18. The summed E-state index contributed by atoms with van der Waals surface area (Å²) in [6.45, 7) is 3.31. The molecule has 2 rings (SSSR count). The molecule has 0 saturated heterocycles. The van der Waals surface area contributed by atoms with Gasteiger partial charge in [0.15, 0.2) is 0 Å². The first-order valence-corrected chi connectivity index (χ1v) is 4.60. The van der Waals surface area contributed by atoms with Crippen LogP contribution in [0.15, 0.2) is 22.7 Å². The molecule has 1 aliphatic rings. The number of benzene rings is 1. The summed E-state index contributed by atoms with van der Waals surface area (Å²) in [5.74, 6) is 0.655. The number of halogens is 1. The SMILES string of the molecule is C[C@@H]1CNc2c(Br)cccc21. The molecule has 0 aromatic heterocycles. The minimum absolute atomic E-state index is 0.655. The maximum Gasteiger partial charge on any atom is 0.0520 e. The van der Waals surface area contributed by atoms with Crippen molar-refractivity contribution in [1.82, 2.24) is 0 Å². The lowest BCUT2D eigenvalue weighted by Gasteiger charge is -2.02. The molecule has 1 atom stereocenters. The largest absolute Gasteiger partial charge is 0.383 e. The van der Waals surface area contributed by atoms with Crippen molar-refractivity contribution in [1.29, 1.82) is 0 Å². The van der Waals surface area contributed by atoms with Crippen LogP contribution in [0.4, 0.5) is 5.69 Å². The molecule has 0 fully saturated rings. The van der Waals surface area contributed by atoms with Crippen molar-refractivity contribution < 1.29 is 0 Å². The van der Waals surface area contributed by atoms with Crippen LogP contribution in [0.25, 0.3) is 0 Å². The van der Waals surface area contributed by atoms with E-state index < -0.39 is 0 Å². The molecule has 0 aliphatic carbocycles. The molecule has 1 N–H and O–H groups in total. The van der Waals surface area contributed by atoms with Gasteiger partial charge in [-0.1, -0.05) is 19.1 Å². The van der Waals surface area contributed by atoms with Gasteiger partial charge < -0.3 is 5.32 Å². The summed E-state index contributed by atoms with van der Waals surface area (Å²) in [5.41, 5.74) is 2.71. The first kappa shape index (κ1) is 7.17. The molecule has 0 amide bonds. The Morgan fingerprint density at radius 2 is 2.36 bits per heavy atom. The van der Waals surface area contributed by atoms with Gasteiger partial charge in [0.25, 0.3) is 0 Å². The Hall–Kier alpha value is -0.500. The van der Waals surface area contributed by atoms with Crippen molar-refractivity contribution in [2.75, 3.05) is 11.9 Å². The van der Waals surface area contributed by atoms with E-state index in [-0.39, 0.29) is 0 Å². The van der Waals surface area contributed by atoms with Gasteiger partial charge in [-0.15, -0.1) is 0 Å². The average Bonchev–Trinajstić information content (AvgIpc) is 2.35. The Balaban J connectivity index is 2.57. The van der Waals surface area contributed by atoms with Crippen LogP contribution in [-0.2, 0) is 0 Å². The van der Waals surface area contributed by atoms with Crippen LogP contribution in [0.2, 0.25) is 0 Å². The van der Waals surface area contributed by atoms with Gasteiger partial charge in [0.05, 0.1) is 5.69 Å². The normalized spacial score (nSPS) is 21.1. The zero-order chi connectivity index (χ0) is 7.84. The molecule has 0 spiro atoms. The molecule has 0 unspecified atom stereocenters. The highest BCUT2D eigenvalue weighted by molar-refractivity contribution is 9.10. The van der Waals surface area contributed by atoms with Crippen LogP contribution < -0.4 is 5.32 Å². The Morgan fingerprint density at radius 3 is 3.09 bits per heavy atom. The maximum absolute atomic E-state index is 3.51. The predicted molar refractivity (Wildman–Crippen MR) is 51.0 cm³/mol. The van der Waals surface area contributed by atoms with Crippen molar-refractivity contribution in [3.8, 4) is 0 Å². The Bertz CT molecular complexity index is 283. The monoisotopic (exact) mass is 211 g/mol. The van der Waals surface area contributed by atoms with Gasteiger partial charge in [-0.05, 0) is 27.6 Å². The highest BCUT2D eigenvalue weighted by Crippen LogP contribution is 2.36. The van der Waals surface area contributed by atoms with Gasteiger partial charge in [0.2, 0.25) is 0 Å². The number of hydrogen-bond acceptors (Lipinski definition) is 1. The quantitative estimate of drug-likeness (QED) is 0.697. The van der Waals surface area contributed by atoms with E-state index >= 15 is 0 Å². The number of rotatable bonds is 0. The third kappa shape index (κ3) is 1.06. The average molecular weight is 212 g/mol. The van der Waals surface area contributed by atoms with Crippen molar-refractivity contribution in [2.24, 2.45) is 0 Å². The van der Waals surface area contributed by atoms with Crippen LogP contribution in [-0.4, -0.2) is 6.54 Å². The Kier molecular flexibility index (Phi) is 1.64. The van der Waals surface area contributed by atoms with Gasteiger partial charge in [0, 0.05) is 16.9 Å². The predicted octanol–water partition coefficient (Wildman–Crippen LogP) is 2.98. The lowest BCUT2D eigenvalue weighted by molar-refractivity contribution is 0.854. The molecule has 1 heterocycles. The van der Waals surface area contributed by atoms with E-state index in [2.05, 4.69) is 46.4 Å². The minimum atomic E-state index is 0.655. The van der Waals surface area contributed by atoms with E-state index in [1.807, 2.05) is 0 Å². The van der Waals surface area contributed by atoms with Crippen molar-refractivity contribution in [3.63, 3.8) is 0 Å². The van der Waals surface area contributed by atoms with Crippen LogP contribution in [0.5, 0.6) is 0 Å². The van der Waals surface area contributed by atoms with Gasteiger partial charge in [-0.25, -0.2) is 0 Å². The molecule has 1 nitrogen and oxygen atoms in total. The number of nitrogens with one attached hydrogen (secondary N) is 1. The summed E-state index contributed by atoms with van der Waals surface area (Å²) in [6, 6.07) is 6.35. The minimum Gasteiger partial charge on any atom is -0.383 e. The van der Waals surface area contributed by atoms with Gasteiger partial charge in [0.1, 0.15) is 0 Å². The summed E-state index contributed by atoms with van der Waals surface area (Å²) in [4.78, 5) is 0. The first-order chi connectivity index (χ1) is 5.29. The van der Waals surface area contributed by atoms with Crippen LogP contribution in [0.3, 0.4) is 0 Å². The van der Waals surface area contributed by atoms with E-state index in [9.17, 15) is 0 Å². The first-order valence-electron chi connectivity index (χ1n) is 3.81. The molecule has 11 heavy (non-hydrogen) atoms. The van der Waals surface area contributed by atoms with Gasteiger partial charge in [-0.2, -0.15) is 0 Å².